The molecule has 4 aliphatic rings. The standard InChI is InChI=1S/C28H46O3/c1-17(2)7-6-8-18(3)20-11-12-21-19-9-10-23-25(26(30)31)24(29)14-16-28(23,5)22(19)13-15-27(20,21)4/h9,17-18,20-25,29H,6-8,10-16H2,1-5H3,(H,30,31). The van der Waals surface area contributed by atoms with E-state index in [2.05, 4.69) is 40.7 Å². The molecule has 9 unspecified atom stereocenters. The van der Waals surface area contributed by atoms with E-state index < -0.39 is 18.0 Å². The van der Waals surface area contributed by atoms with Gasteiger partial charge in [0.25, 0.3) is 0 Å². The molecule has 0 spiro atoms. The van der Waals surface area contributed by atoms with Gasteiger partial charge in [0, 0.05) is 0 Å². The number of carbonyl (C=O) groups is 1. The van der Waals surface area contributed by atoms with E-state index in [0.717, 1.165) is 30.6 Å². The molecule has 3 heteroatoms. The van der Waals surface area contributed by atoms with Gasteiger partial charge < -0.3 is 10.2 Å². The summed E-state index contributed by atoms with van der Waals surface area (Å²) >= 11 is 0. The van der Waals surface area contributed by atoms with Crippen molar-refractivity contribution in [1.82, 2.24) is 0 Å². The van der Waals surface area contributed by atoms with Crippen LogP contribution in [-0.4, -0.2) is 22.3 Å². The van der Waals surface area contributed by atoms with E-state index in [1.165, 1.54) is 44.9 Å². The summed E-state index contributed by atoms with van der Waals surface area (Å²) < 4.78 is 0. The van der Waals surface area contributed by atoms with Crippen LogP contribution in [0.25, 0.3) is 0 Å². The predicted molar refractivity (Wildman–Crippen MR) is 126 cm³/mol. The highest BCUT2D eigenvalue weighted by molar-refractivity contribution is 5.71. The summed E-state index contributed by atoms with van der Waals surface area (Å²) in [5, 5.41) is 20.3. The molecular formula is C28H46O3. The lowest BCUT2D eigenvalue weighted by Gasteiger charge is -2.59. The summed E-state index contributed by atoms with van der Waals surface area (Å²) in [6.07, 6.45) is 13.5. The maximum absolute atomic E-state index is 12.0. The fourth-order valence-electron chi connectivity index (χ4n) is 8.97. The second-order valence-corrected chi connectivity index (χ2v) is 12.7. The first-order chi connectivity index (χ1) is 14.6. The van der Waals surface area contributed by atoms with Crippen LogP contribution in [0.2, 0.25) is 0 Å². The van der Waals surface area contributed by atoms with E-state index in [1.807, 2.05) is 0 Å². The SMILES string of the molecule is CC(C)CCCC(C)C1CCC2C3=CCC4C(C(=O)O)C(O)CCC4(C)C3CCC21C. The summed E-state index contributed by atoms with van der Waals surface area (Å²) in [5.74, 6) is 2.35. The number of fused-ring (bicyclic) bond motifs is 5. The first-order valence-electron chi connectivity index (χ1n) is 13.2. The van der Waals surface area contributed by atoms with Crippen molar-refractivity contribution in [2.45, 2.75) is 105 Å². The van der Waals surface area contributed by atoms with Gasteiger partial charge in [0.05, 0.1) is 12.0 Å². The van der Waals surface area contributed by atoms with E-state index in [0.29, 0.717) is 23.7 Å². The zero-order valence-corrected chi connectivity index (χ0v) is 20.6. The van der Waals surface area contributed by atoms with Gasteiger partial charge in [-0.1, -0.05) is 65.5 Å². The van der Waals surface area contributed by atoms with Gasteiger partial charge in [-0.2, -0.15) is 0 Å². The average molecular weight is 431 g/mol. The summed E-state index contributed by atoms with van der Waals surface area (Å²) in [5.41, 5.74) is 2.14. The molecule has 0 aromatic heterocycles. The van der Waals surface area contributed by atoms with Crippen molar-refractivity contribution >= 4 is 5.97 Å². The average Bonchev–Trinajstić information content (AvgIpc) is 3.05. The molecule has 3 nitrogen and oxygen atoms in total. The Kier molecular flexibility index (Phi) is 6.40. The van der Waals surface area contributed by atoms with E-state index >= 15 is 0 Å². The second kappa shape index (κ2) is 8.50. The third-order valence-corrected chi connectivity index (χ3v) is 10.7. The van der Waals surface area contributed by atoms with E-state index in [-0.39, 0.29) is 11.3 Å². The number of hydrogen-bond donors (Lipinski definition) is 2. The number of carboxylic acid groups (broad SMARTS) is 1. The number of allylic oxidation sites excluding steroid dienone is 2. The van der Waals surface area contributed by atoms with Crippen molar-refractivity contribution in [3.05, 3.63) is 11.6 Å². The largest absolute Gasteiger partial charge is 0.481 e. The molecule has 0 aromatic carbocycles. The Hall–Kier alpha value is -0.830. The normalized spacial score (nSPS) is 45.5. The highest BCUT2D eigenvalue weighted by Crippen LogP contribution is 2.67. The molecule has 3 fully saturated rings. The van der Waals surface area contributed by atoms with Crippen molar-refractivity contribution in [3.8, 4) is 0 Å². The van der Waals surface area contributed by atoms with Crippen LogP contribution in [0.1, 0.15) is 98.8 Å². The van der Waals surface area contributed by atoms with Gasteiger partial charge in [-0.15, -0.1) is 0 Å². The molecule has 4 rings (SSSR count). The minimum Gasteiger partial charge on any atom is -0.481 e. The molecule has 0 aromatic rings. The molecule has 0 bridgehead atoms. The summed E-state index contributed by atoms with van der Waals surface area (Å²) in [6, 6.07) is 0. The molecule has 4 aliphatic carbocycles. The Morgan fingerprint density at radius 3 is 2.39 bits per heavy atom. The Bertz CT molecular complexity index is 711. The lowest BCUT2D eigenvalue weighted by atomic mass is 9.46. The first-order valence-corrected chi connectivity index (χ1v) is 13.2. The molecule has 9 atom stereocenters. The molecule has 0 saturated heterocycles. The molecule has 0 aliphatic heterocycles. The van der Waals surface area contributed by atoms with Gasteiger partial charge in [-0.25, -0.2) is 0 Å². The fourth-order valence-corrected chi connectivity index (χ4v) is 8.97. The van der Waals surface area contributed by atoms with E-state index in [9.17, 15) is 15.0 Å². The third kappa shape index (κ3) is 3.81. The topological polar surface area (TPSA) is 57.5 Å². The summed E-state index contributed by atoms with van der Waals surface area (Å²) in [6.45, 7) is 12.1. The third-order valence-electron chi connectivity index (χ3n) is 10.7. The van der Waals surface area contributed by atoms with Gasteiger partial charge in [0.15, 0.2) is 0 Å². The Morgan fingerprint density at radius 1 is 1.03 bits per heavy atom. The number of aliphatic hydroxyl groups excluding tert-OH is 1. The smallest absolute Gasteiger partial charge is 0.309 e. The molecule has 0 amide bonds. The maximum atomic E-state index is 12.0. The van der Waals surface area contributed by atoms with Gasteiger partial charge in [0.1, 0.15) is 0 Å². The molecule has 31 heavy (non-hydrogen) atoms. The highest BCUT2D eigenvalue weighted by Gasteiger charge is 2.60. The van der Waals surface area contributed by atoms with Gasteiger partial charge in [-0.3, -0.25) is 4.79 Å². The molecule has 0 radical (unpaired) electrons. The van der Waals surface area contributed by atoms with Crippen LogP contribution >= 0.6 is 0 Å². The lowest BCUT2D eigenvalue weighted by Crippen LogP contribution is -2.54. The Morgan fingerprint density at radius 2 is 1.71 bits per heavy atom. The minimum atomic E-state index is -0.794. The fraction of sp³-hybridized carbons (Fsp3) is 0.893. The van der Waals surface area contributed by atoms with Crippen LogP contribution in [0.3, 0.4) is 0 Å². The highest BCUT2D eigenvalue weighted by atomic mass is 16.4. The van der Waals surface area contributed by atoms with Crippen molar-refractivity contribution in [3.63, 3.8) is 0 Å². The van der Waals surface area contributed by atoms with Crippen molar-refractivity contribution in [2.75, 3.05) is 0 Å². The summed E-state index contributed by atoms with van der Waals surface area (Å²) in [4.78, 5) is 12.0. The van der Waals surface area contributed by atoms with Crippen molar-refractivity contribution in [2.24, 2.45) is 52.3 Å². The van der Waals surface area contributed by atoms with Crippen LogP contribution < -0.4 is 0 Å². The number of aliphatic carboxylic acids is 1. The molecule has 0 heterocycles. The lowest BCUT2D eigenvalue weighted by molar-refractivity contribution is -0.160. The van der Waals surface area contributed by atoms with E-state index in [1.54, 1.807) is 5.57 Å². The van der Waals surface area contributed by atoms with E-state index in [4.69, 9.17) is 0 Å². The maximum Gasteiger partial charge on any atom is 0.309 e. The van der Waals surface area contributed by atoms with Gasteiger partial charge in [-0.05, 0) is 91.3 Å². The first kappa shape index (κ1) is 23.3. The molecule has 3 saturated carbocycles. The zero-order chi connectivity index (χ0) is 22.6. The Balaban J connectivity index is 1.55. The van der Waals surface area contributed by atoms with Crippen LogP contribution in [0.5, 0.6) is 0 Å². The predicted octanol–water partition coefficient (Wildman–Crippen LogP) is 6.70. The van der Waals surface area contributed by atoms with Gasteiger partial charge in [0.2, 0.25) is 0 Å². The number of aliphatic hydroxyl groups is 1. The number of rotatable bonds is 6. The van der Waals surface area contributed by atoms with Crippen molar-refractivity contribution < 1.29 is 15.0 Å². The van der Waals surface area contributed by atoms with Crippen molar-refractivity contribution in [1.29, 1.82) is 0 Å². The number of carboxylic acids is 1. The minimum absolute atomic E-state index is 0.0364. The van der Waals surface area contributed by atoms with Crippen LogP contribution in [-0.2, 0) is 4.79 Å². The Labute approximate surface area is 190 Å². The van der Waals surface area contributed by atoms with Crippen LogP contribution in [0.15, 0.2) is 11.6 Å². The molecule has 176 valence electrons. The van der Waals surface area contributed by atoms with Gasteiger partial charge >= 0.3 is 5.97 Å². The summed E-state index contributed by atoms with van der Waals surface area (Å²) in [7, 11) is 0. The quantitative estimate of drug-likeness (QED) is 0.461. The zero-order valence-electron chi connectivity index (χ0n) is 20.6. The number of hydrogen-bond acceptors (Lipinski definition) is 2. The molecule has 2 N–H and O–H groups in total. The molecular weight excluding hydrogens is 384 g/mol. The van der Waals surface area contributed by atoms with Crippen LogP contribution in [0.4, 0.5) is 0 Å². The monoisotopic (exact) mass is 430 g/mol. The second-order valence-electron chi connectivity index (χ2n) is 12.7. The van der Waals surface area contributed by atoms with Crippen LogP contribution in [0, 0.1) is 52.3 Å².